The van der Waals surface area contributed by atoms with E-state index in [4.69, 9.17) is 4.42 Å². The Morgan fingerprint density at radius 2 is 1.91 bits per heavy atom. The number of hydrogen-bond acceptors (Lipinski definition) is 6. The maximum atomic E-state index is 13.4. The number of hydrogen-bond donors (Lipinski definition) is 2. The lowest BCUT2D eigenvalue weighted by Crippen LogP contribution is -2.42. The van der Waals surface area contributed by atoms with E-state index in [1.165, 1.54) is 6.07 Å². The molecule has 0 spiro atoms. The third-order valence-electron chi connectivity index (χ3n) is 5.09. The number of nitrogens with one attached hydrogen (secondary N) is 2. The average Bonchev–Trinajstić information content (AvgIpc) is 3.41. The number of rotatable bonds is 6. The summed E-state index contributed by atoms with van der Waals surface area (Å²) in [6, 6.07) is 9.15. The molecule has 0 saturated carbocycles. The molecule has 172 valence electrons. The number of carbonyl (C=O) groups excluding carboxylic acids is 3. The molecule has 4 rings (SSSR count). The molecular weight excluding hydrogens is 459 g/mol. The number of benzene rings is 1. The van der Waals surface area contributed by atoms with E-state index < -0.39 is 35.6 Å². The third-order valence-corrected chi connectivity index (χ3v) is 6.14. The Labute approximate surface area is 190 Å². The lowest BCUT2D eigenvalue weighted by Gasteiger charge is -2.24. The van der Waals surface area contributed by atoms with Crippen molar-refractivity contribution in [2.45, 2.75) is 31.5 Å². The molecule has 3 aromatic rings. The molecule has 1 aliphatic carbocycles. The summed E-state index contributed by atoms with van der Waals surface area (Å²) in [6.45, 7) is 0. The molecule has 0 bridgehead atoms. The van der Waals surface area contributed by atoms with Crippen LogP contribution in [0, 0.1) is 5.92 Å². The summed E-state index contributed by atoms with van der Waals surface area (Å²) >= 11 is 0.993. The number of furan rings is 1. The number of halogens is 3. The maximum absolute atomic E-state index is 13.4. The van der Waals surface area contributed by atoms with Crippen molar-refractivity contribution in [3.8, 4) is 0 Å². The zero-order chi connectivity index (χ0) is 23.6. The number of carbonyl (C=O) groups is 3. The fraction of sp³-hybridized carbons (Fsp3) is 0.273. The Morgan fingerprint density at radius 1 is 1.15 bits per heavy atom. The standard InChI is InChI=1S/C22H18F3N3O4S/c23-22(24,25)19(16-7-4-8-32-16)28-20(31)13-10-14-18(15(29)11-13)33-21(26-14)27-17(30)9-12-5-2-1-3-6-12/h1-8,13,19H,9-11H2,(H,28,31)(H,26,27,30). The minimum atomic E-state index is -4.77. The number of alkyl halides is 3. The SMILES string of the molecule is O=C(Cc1ccccc1)Nc1nc2c(s1)C(=O)CC(C(=O)NC(c1ccco1)C(F)(F)F)C2. The average molecular weight is 477 g/mol. The van der Waals surface area contributed by atoms with Gasteiger partial charge in [-0.2, -0.15) is 13.2 Å². The lowest BCUT2D eigenvalue weighted by molar-refractivity contribution is -0.167. The van der Waals surface area contributed by atoms with Crippen molar-refractivity contribution in [3.05, 3.63) is 70.6 Å². The number of thiazole rings is 1. The third kappa shape index (κ3) is 5.30. The van der Waals surface area contributed by atoms with E-state index in [1.54, 1.807) is 12.1 Å². The van der Waals surface area contributed by atoms with E-state index in [-0.39, 0.29) is 36.0 Å². The van der Waals surface area contributed by atoms with Gasteiger partial charge >= 0.3 is 6.18 Å². The second-order valence-electron chi connectivity index (χ2n) is 7.53. The van der Waals surface area contributed by atoms with Gasteiger partial charge in [-0.1, -0.05) is 41.7 Å². The van der Waals surface area contributed by atoms with Gasteiger partial charge < -0.3 is 15.1 Å². The fourth-order valence-corrected chi connectivity index (χ4v) is 4.50. The zero-order valence-corrected chi connectivity index (χ0v) is 17.8. The van der Waals surface area contributed by atoms with Gasteiger partial charge in [-0.15, -0.1) is 0 Å². The van der Waals surface area contributed by atoms with Gasteiger partial charge in [-0.05, 0) is 17.7 Å². The van der Waals surface area contributed by atoms with E-state index in [9.17, 15) is 27.6 Å². The molecule has 1 aromatic carbocycles. The Hall–Kier alpha value is -3.47. The van der Waals surface area contributed by atoms with Crippen molar-refractivity contribution >= 4 is 34.1 Å². The molecule has 0 saturated heterocycles. The second kappa shape index (κ2) is 9.18. The van der Waals surface area contributed by atoms with Gasteiger partial charge in [-0.25, -0.2) is 4.98 Å². The first kappa shape index (κ1) is 22.7. The summed E-state index contributed by atoms with van der Waals surface area (Å²) < 4.78 is 45.1. The van der Waals surface area contributed by atoms with Gasteiger partial charge in [-0.3, -0.25) is 14.4 Å². The van der Waals surface area contributed by atoms with Crippen LogP contribution in [0.2, 0.25) is 0 Å². The van der Waals surface area contributed by atoms with Crippen LogP contribution in [-0.2, 0) is 22.4 Å². The number of nitrogens with zero attached hydrogens (tertiary/aromatic N) is 1. The summed E-state index contributed by atoms with van der Waals surface area (Å²) in [6.07, 6.45) is -3.83. The Bertz CT molecular complexity index is 1160. The predicted octanol–water partition coefficient (Wildman–Crippen LogP) is 4.08. The van der Waals surface area contributed by atoms with Crippen LogP contribution in [0.1, 0.15) is 39.2 Å². The molecule has 2 unspecified atom stereocenters. The second-order valence-corrected chi connectivity index (χ2v) is 8.53. The quantitative estimate of drug-likeness (QED) is 0.557. The van der Waals surface area contributed by atoms with Crippen LogP contribution in [0.5, 0.6) is 0 Å². The number of fused-ring (bicyclic) bond motifs is 1. The monoisotopic (exact) mass is 477 g/mol. The highest BCUT2D eigenvalue weighted by Crippen LogP contribution is 2.35. The maximum Gasteiger partial charge on any atom is 0.415 e. The number of anilines is 1. The highest BCUT2D eigenvalue weighted by atomic mass is 32.1. The highest BCUT2D eigenvalue weighted by molar-refractivity contribution is 7.17. The first-order valence-corrected chi connectivity index (χ1v) is 10.8. The van der Waals surface area contributed by atoms with Gasteiger partial charge in [0.25, 0.3) is 0 Å². The predicted molar refractivity (Wildman–Crippen MR) is 113 cm³/mol. The number of ketones is 1. The molecule has 0 fully saturated rings. The molecule has 1 aliphatic rings. The molecular formula is C22H18F3N3O4S. The van der Waals surface area contributed by atoms with Crippen LogP contribution in [-0.4, -0.2) is 28.8 Å². The van der Waals surface area contributed by atoms with Crippen LogP contribution >= 0.6 is 11.3 Å². The summed E-state index contributed by atoms with van der Waals surface area (Å²) in [5.41, 5.74) is 1.09. The number of amides is 2. The molecule has 11 heteroatoms. The van der Waals surface area contributed by atoms with Crippen LogP contribution in [0.25, 0.3) is 0 Å². The number of aromatic nitrogens is 1. The largest absolute Gasteiger partial charge is 0.467 e. The van der Waals surface area contributed by atoms with E-state index in [0.29, 0.717) is 4.88 Å². The first-order chi connectivity index (χ1) is 15.7. The Kier molecular flexibility index (Phi) is 6.32. The molecule has 0 radical (unpaired) electrons. The summed E-state index contributed by atoms with van der Waals surface area (Å²) in [7, 11) is 0. The van der Waals surface area contributed by atoms with Gasteiger partial charge in [0, 0.05) is 12.8 Å². The summed E-state index contributed by atoms with van der Waals surface area (Å²) in [5, 5.41) is 4.79. The van der Waals surface area contributed by atoms with Crippen LogP contribution in [0.4, 0.5) is 18.3 Å². The molecule has 7 nitrogen and oxygen atoms in total. The van der Waals surface area contributed by atoms with Crippen LogP contribution in [0.15, 0.2) is 53.1 Å². The molecule has 2 amide bonds. The van der Waals surface area contributed by atoms with Crippen molar-refractivity contribution in [2.75, 3.05) is 5.32 Å². The van der Waals surface area contributed by atoms with Crippen LogP contribution < -0.4 is 10.6 Å². The lowest BCUT2D eigenvalue weighted by atomic mass is 9.89. The van der Waals surface area contributed by atoms with Crippen molar-refractivity contribution in [1.82, 2.24) is 10.3 Å². The molecule has 33 heavy (non-hydrogen) atoms. The van der Waals surface area contributed by atoms with Gasteiger partial charge in [0.15, 0.2) is 17.0 Å². The van der Waals surface area contributed by atoms with E-state index >= 15 is 0 Å². The van der Waals surface area contributed by atoms with Gasteiger partial charge in [0.2, 0.25) is 11.8 Å². The zero-order valence-electron chi connectivity index (χ0n) is 17.0. The molecule has 2 heterocycles. The molecule has 2 N–H and O–H groups in total. The highest BCUT2D eigenvalue weighted by Gasteiger charge is 2.45. The van der Waals surface area contributed by atoms with Crippen molar-refractivity contribution in [3.63, 3.8) is 0 Å². The number of Topliss-reactive ketones (excluding diaryl/α,β-unsaturated/α-hetero) is 1. The van der Waals surface area contributed by atoms with Gasteiger partial charge in [0.05, 0.1) is 29.2 Å². The molecule has 0 aliphatic heterocycles. The molecule has 2 atom stereocenters. The minimum absolute atomic E-state index is 0.0132. The van der Waals surface area contributed by atoms with E-state index in [1.807, 2.05) is 23.5 Å². The van der Waals surface area contributed by atoms with E-state index in [2.05, 4.69) is 10.3 Å². The molecule has 2 aromatic heterocycles. The fourth-order valence-electron chi connectivity index (χ4n) is 3.54. The van der Waals surface area contributed by atoms with Crippen molar-refractivity contribution in [2.24, 2.45) is 5.92 Å². The summed E-state index contributed by atoms with van der Waals surface area (Å²) in [4.78, 5) is 41.9. The Balaban J connectivity index is 1.43. The van der Waals surface area contributed by atoms with Crippen LogP contribution in [0.3, 0.4) is 0 Å². The minimum Gasteiger partial charge on any atom is -0.467 e. The van der Waals surface area contributed by atoms with Crippen molar-refractivity contribution in [1.29, 1.82) is 0 Å². The van der Waals surface area contributed by atoms with Crippen molar-refractivity contribution < 1.29 is 32.0 Å². The topological polar surface area (TPSA) is 101 Å². The van der Waals surface area contributed by atoms with Gasteiger partial charge in [0.1, 0.15) is 5.76 Å². The smallest absolute Gasteiger partial charge is 0.415 e. The Morgan fingerprint density at radius 3 is 2.58 bits per heavy atom. The normalized spacial score (nSPS) is 16.7. The first-order valence-electron chi connectivity index (χ1n) is 9.98. The summed E-state index contributed by atoms with van der Waals surface area (Å²) in [5.74, 6) is -3.11. The van der Waals surface area contributed by atoms with E-state index in [0.717, 1.165) is 29.2 Å².